The number of carbonyl (C=O) groups excluding carboxylic acids is 1. The monoisotopic (exact) mass is 437 g/mol. The van der Waals surface area contributed by atoms with Crippen molar-refractivity contribution in [2.75, 3.05) is 25.0 Å². The lowest BCUT2D eigenvalue weighted by Gasteiger charge is -2.30. The Balaban J connectivity index is 1.37. The van der Waals surface area contributed by atoms with E-state index >= 15 is 0 Å². The van der Waals surface area contributed by atoms with Gasteiger partial charge in [-0.3, -0.25) is 14.3 Å². The summed E-state index contributed by atoms with van der Waals surface area (Å²) in [6.07, 6.45) is 1.66. The third-order valence-corrected chi connectivity index (χ3v) is 5.87. The first-order valence-electron chi connectivity index (χ1n) is 11.0. The van der Waals surface area contributed by atoms with Gasteiger partial charge in [0.15, 0.2) is 0 Å². The van der Waals surface area contributed by atoms with Gasteiger partial charge in [0.1, 0.15) is 11.6 Å². The molecule has 0 atom stereocenters. The van der Waals surface area contributed by atoms with Gasteiger partial charge < -0.3 is 5.32 Å². The minimum atomic E-state index is -0.378. The number of anilines is 1. The maximum Gasteiger partial charge on any atom is 0.346 e. The van der Waals surface area contributed by atoms with Crippen molar-refractivity contribution < 1.29 is 9.18 Å². The van der Waals surface area contributed by atoms with Crippen LogP contribution in [0.25, 0.3) is 0 Å². The van der Waals surface area contributed by atoms with Gasteiger partial charge in [0, 0.05) is 18.2 Å². The first kappa shape index (κ1) is 22.0. The van der Waals surface area contributed by atoms with Crippen molar-refractivity contribution in [1.29, 1.82) is 0 Å². The van der Waals surface area contributed by atoms with Crippen molar-refractivity contribution in [2.24, 2.45) is 0 Å². The molecule has 0 bridgehead atoms. The molecule has 4 rings (SSSR count). The first-order valence-corrected chi connectivity index (χ1v) is 11.0. The van der Waals surface area contributed by atoms with Crippen LogP contribution in [-0.4, -0.2) is 44.8 Å². The fourth-order valence-corrected chi connectivity index (χ4v) is 4.24. The van der Waals surface area contributed by atoms with Gasteiger partial charge in [-0.25, -0.2) is 13.9 Å². The SMILES string of the molecule is CCn1c(C2CCN(CC(=O)Nc3cccc(F)c3)CC2)nn(Cc2ccccc2)c1=O. The lowest BCUT2D eigenvalue weighted by Crippen LogP contribution is -2.39. The summed E-state index contributed by atoms with van der Waals surface area (Å²) in [5.74, 6) is 0.475. The summed E-state index contributed by atoms with van der Waals surface area (Å²) in [6, 6.07) is 15.7. The number of rotatable bonds is 7. The van der Waals surface area contributed by atoms with Gasteiger partial charge in [0.25, 0.3) is 0 Å². The van der Waals surface area contributed by atoms with Gasteiger partial charge in [0.05, 0.1) is 13.1 Å². The normalized spacial score (nSPS) is 15.1. The quantitative estimate of drug-likeness (QED) is 0.617. The van der Waals surface area contributed by atoms with E-state index in [2.05, 4.69) is 15.3 Å². The van der Waals surface area contributed by atoms with Crippen molar-refractivity contribution in [1.82, 2.24) is 19.2 Å². The molecule has 0 radical (unpaired) electrons. The van der Waals surface area contributed by atoms with Crippen LogP contribution < -0.4 is 11.0 Å². The van der Waals surface area contributed by atoms with Gasteiger partial charge in [-0.2, -0.15) is 5.10 Å². The Morgan fingerprint density at radius 2 is 1.88 bits per heavy atom. The maximum absolute atomic E-state index is 13.3. The van der Waals surface area contributed by atoms with E-state index in [0.29, 0.717) is 18.8 Å². The number of halogens is 1. The zero-order chi connectivity index (χ0) is 22.5. The fourth-order valence-electron chi connectivity index (χ4n) is 4.24. The van der Waals surface area contributed by atoms with Crippen molar-refractivity contribution >= 4 is 11.6 Å². The van der Waals surface area contributed by atoms with E-state index in [9.17, 15) is 14.0 Å². The van der Waals surface area contributed by atoms with Crippen LogP contribution in [0.1, 0.15) is 37.1 Å². The second-order valence-electron chi connectivity index (χ2n) is 8.14. The molecule has 0 saturated carbocycles. The highest BCUT2D eigenvalue weighted by molar-refractivity contribution is 5.92. The van der Waals surface area contributed by atoms with Gasteiger partial charge >= 0.3 is 5.69 Å². The van der Waals surface area contributed by atoms with Gasteiger partial charge in [-0.1, -0.05) is 36.4 Å². The molecule has 32 heavy (non-hydrogen) atoms. The summed E-state index contributed by atoms with van der Waals surface area (Å²) in [6.45, 7) is 4.74. The van der Waals surface area contributed by atoms with E-state index < -0.39 is 0 Å². The molecule has 1 N–H and O–H groups in total. The molecule has 1 amide bonds. The average Bonchev–Trinajstić information content (AvgIpc) is 3.10. The Hall–Kier alpha value is -3.26. The number of benzene rings is 2. The van der Waals surface area contributed by atoms with Crippen LogP contribution >= 0.6 is 0 Å². The zero-order valence-electron chi connectivity index (χ0n) is 18.2. The highest BCUT2D eigenvalue weighted by atomic mass is 19.1. The predicted octanol–water partition coefficient (Wildman–Crippen LogP) is 3.07. The fraction of sp³-hybridized carbons (Fsp3) is 0.375. The number of piperidine rings is 1. The summed E-state index contributed by atoms with van der Waals surface area (Å²) in [4.78, 5) is 27.3. The molecular formula is C24H28FN5O2. The molecule has 1 aliphatic rings. The molecule has 8 heteroatoms. The van der Waals surface area contributed by atoms with Crippen LogP contribution in [0.5, 0.6) is 0 Å². The van der Waals surface area contributed by atoms with Crippen LogP contribution in [0.2, 0.25) is 0 Å². The Bertz CT molecular complexity index is 1120. The van der Waals surface area contributed by atoms with Crippen LogP contribution in [-0.2, 0) is 17.9 Å². The number of likely N-dealkylation sites (tertiary alicyclic amines) is 1. The molecule has 7 nitrogen and oxygen atoms in total. The second-order valence-corrected chi connectivity index (χ2v) is 8.14. The average molecular weight is 438 g/mol. The summed E-state index contributed by atoms with van der Waals surface area (Å²) in [7, 11) is 0. The molecule has 0 aliphatic carbocycles. The molecular weight excluding hydrogens is 409 g/mol. The number of hydrogen-bond acceptors (Lipinski definition) is 4. The smallest absolute Gasteiger partial charge is 0.325 e. The number of nitrogens with zero attached hydrogens (tertiary/aromatic N) is 4. The first-order chi connectivity index (χ1) is 15.5. The lowest BCUT2D eigenvalue weighted by molar-refractivity contribution is -0.117. The van der Waals surface area contributed by atoms with E-state index in [0.717, 1.165) is 37.3 Å². The summed E-state index contributed by atoms with van der Waals surface area (Å²) in [5.41, 5.74) is 1.42. The Morgan fingerprint density at radius 3 is 2.56 bits per heavy atom. The highest BCUT2D eigenvalue weighted by Gasteiger charge is 2.27. The van der Waals surface area contributed by atoms with Crippen LogP contribution in [0, 0.1) is 5.82 Å². The molecule has 1 aromatic heterocycles. The van der Waals surface area contributed by atoms with Crippen LogP contribution in [0.4, 0.5) is 10.1 Å². The number of amides is 1. The van der Waals surface area contributed by atoms with Crippen molar-refractivity contribution in [3.8, 4) is 0 Å². The molecule has 0 spiro atoms. The van der Waals surface area contributed by atoms with E-state index in [1.165, 1.54) is 12.1 Å². The number of hydrogen-bond donors (Lipinski definition) is 1. The Morgan fingerprint density at radius 1 is 1.12 bits per heavy atom. The van der Waals surface area contributed by atoms with Gasteiger partial charge in [-0.15, -0.1) is 0 Å². The number of aromatic nitrogens is 3. The Kier molecular flexibility index (Phi) is 6.80. The minimum absolute atomic E-state index is 0.0803. The largest absolute Gasteiger partial charge is 0.346 e. The third-order valence-electron chi connectivity index (χ3n) is 5.87. The minimum Gasteiger partial charge on any atom is -0.325 e. The van der Waals surface area contributed by atoms with Crippen molar-refractivity contribution in [2.45, 2.75) is 38.8 Å². The molecule has 2 heterocycles. The third kappa shape index (κ3) is 5.13. The topological polar surface area (TPSA) is 72.2 Å². The maximum atomic E-state index is 13.3. The van der Waals surface area contributed by atoms with Crippen molar-refractivity contribution in [3.63, 3.8) is 0 Å². The molecule has 3 aromatic rings. The van der Waals surface area contributed by atoms with Crippen molar-refractivity contribution in [3.05, 3.63) is 82.3 Å². The van der Waals surface area contributed by atoms with Crippen LogP contribution in [0.3, 0.4) is 0 Å². The molecule has 1 saturated heterocycles. The number of carbonyl (C=O) groups is 1. The second kappa shape index (κ2) is 9.91. The summed E-state index contributed by atoms with van der Waals surface area (Å²) < 4.78 is 16.6. The van der Waals surface area contributed by atoms with Crippen LogP contribution in [0.15, 0.2) is 59.4 Å². The Labute approximate surface area is 186 Å². The number of nitrogens with one attached hydrogen (secondary N) is 1. The summed E-state index contributed by atoms with van der Waals surface area (Å²) in [5, 5.41) is 7.43. The summed E-state index contributed by atoms with van der Waals surface area (Å²) >= 11 is 0. The molecule has 2 aromatic carbocycles. The van der Waals surface area contributed by atoms with Gasteiger partial charge in [0.2, 0.25) is 5.91 Å². The molecule has 168 valence electrons. The lowest BCUT2D eigenvalue weighted by atomic mass is 9.96. The van der Waals surface area contributed by atoms with E-state index in [4.69, 9.17) is 0 Å². The standard InChI is InChI=1S/C24H28FN5O2/c1-2-29-23(27-30(24(29)32)16-18-7-4-3-5-8-18)19-11-13-28(14-12-19)17-22(31)26-21-10-6-9-20(25)15-21/h3-10,15,19H,2,11-14,16-17H2,1H3,(H,26,31). The molecule has 1 aliphatic heterocycles. The molecule has 1 fully saturated rings. The predicted molar refractivity (Wildman–Crippen MR) is 121 cm³/mol. The van der Waals surface area contributed by atoms with E-state index in [1.54, 1.807) is 21.4 Å². The zero-order valence-corrected chi connectivity index (χ0v) is 18.2. The molecule has 0 unspecified atom stereocenters. The van der Waals surface area contributed by atoms with Gasteiger partial charge in [-0.05, 0) is 56.6 Å². The van der Waals surface area contributed by atoms with E-state index in [1.807, 2.05) is 37.3 Å². The van der Waals surface area contributed by atoms with E-state index in [-0.39, 0.29) is 29.9 Å². The highest BCUT2D eigenvalue weighted by Crippen LogP contribution is 2.26.